The van der Waals surface area contributed by atoms with E-state index in [1.165, 1.54) is 16.7 Å². The summed E-state index contributed by atoms with van der Waals surface area (Å²) in [5, 5.41) is 18.3. The van der Waals surface area contributed by atoms with Gasteiger partial charge in [-0.25, -0.2) is 0 Å². The Bertz CT molecular complexity index is 645. The Morgan fingerprint density at radius 1 is 1.00 bits per heavy atom. The summed E-state index contributed by atoms with van der Waals surface area (Å²) in [6, 6.07) is 13.9. The Morgan fingerprint density at radius 3 is 2.40 bits per heavy atom. The Kier molecular flexibility index (Phi) is 3.47. The molecule has 3 rings (SSSR count). The average Bonchev–Trinajstić information content (AvgIpc) is 2.47. The zero-order valence-electron chi connectivity index (χ0n) is 11.5. The van der Waals surface area contributed by atoms with Gasteiger partial charge in [0.05, 0.1) is 0 Å². The molecule has 0 amide bonds. The molecule has 3 heteroatoms. The van der Waals surface area contributed by atoms with Crippen LogP contribution in [0.4, 0.5) is 0 Å². The van der Waals surface area contributed by atoms with Crippen LogP contribution in [0.5, 0.6) is 0 Å². The summed E-state index contributed by atoms with van der Waals surface area (Å²) in [5.74, 6) is 0.550. The lowest BCUT2D eigenvalue weighted by molar-refractivity contribution is 0.426. The Labute approximate surface area is 119 Å². The molecule has 100 valence electrons. The molecule has 0 aliphatic heterocycles. The van der Waals surface area contributed by atoms with Gasteiger partial charge >= 0.3 is 7.12 Å². The van der Waals surface area contributed by atoms with Gasteiger partial charge in [0.25, 0.3) is 0 Å². The highest BCUT2D eigenvalue weighted by molar-refractivity contribution is 6.58. The van der Waals surface area contributed by atoms with Crippen molar-refractivity contribution in [1.82, 2.24) is 0 Å². The Balaban J connectivity index is 1.98. The van der Waals surface area contributed by atoms with Gasteiger partial charge in [-0.05, 0) is 40.1 Å². The minimum atomic E-state index is -1.40. The van der Waals surface area contributed by atoms with Gasteiger partial charge in [0.2, 0.25) is 0 Å². The van der Waals surface area contributed by atoms with Crippen LogP contribution in [-0.2, 0) is 0 Å². The van der Waals surface area contributed by atoms with Crippen molar-refractivity contribution in [3.8, 4) is 11.1 Å². The van der Waals surface area contributed by atoms with Crippen LogP contribution in [0.2, 0.25) is 0 Å². The Hall–Kier alpha value is -1.84. The first kappa shape index (κ1) is 13.2. The van der Waals surface area contributed by atoms with Crippen LogP contribution in [-0.4, -0.2) is 17.2 Å². The van der Waals surface area contributed by atoms with Gasteiger partial charge in [0, 0.05) is 0 Å². The summed E-state index contributed by atoms with van der Waals surface area (Å²) in [6.07, 6.45) is 5.50. The molecule has 0 aromatic heterocycles. The first-order valence-corrected chi connectivity index (χ1v) is 6.92. The van der Waals surface area contributed by atoms with E-state index in [-0.39, 0.29) is 0 Å². The molecule has 0 bridgehead atoms. The van der Waals surface area contributed by atoms with E-state index in [1.807, 2.05) is 12.1 Å². The quantitative estimate of drug-likeness (QED) is 0.818. The standard InChI is InChI=1S/C17H17BO2/c1-12-3-2-4-14-5-6-15(11-17(12)14)13-7-9-16(10-8-13)18(19)20/h2,4-12,19-20H,3H2,1H3. The zero-order valence-corrected chi connectivity index (χ0v) is 11.5. The molecule has 0 spiro atoms. The second-order valence-electron chi connectivity index (χ2n) is 5.38. The van der Waals surface area contributed by atoms with Crippen LogP contribution in [0.15, 0.2) is 48.5 Å². The summed E-state index contributed by atoms with van der Waals surface area (Å²) in [7, 11) is -1.40. The first-order valence-electron chi connectivity index (χ1n) is 6.92. The fraction of sp³-hybridized carbons (Fsp3) is 0.176. The number of rotatable bonds is 2. The van der Waals surface area contributed by atoms with E-state index in [4.69, 9.17) is 10.0 Å². The van der Waals surface area contributed by atoms with Gasteiger partial charge in [-0.15, -0.1) is 0 Å². The number of hydrogen-bond acceptors (Lipinski definition) is 2. The molecule has 1 atom stereocenters. The Morgan fingerprint density at radius 2 is 1.70 bits per heavy atom. The van der Waals surface area contributed by atoms with Crippen LogP contribution >= 0.6 is 0 Å². The third kappa shape index (κ3) is 2.42. The van der Waals surface area contributed by atoms with Gasteiger partial charge in [0.15, 0.2) is 0 Å². The highest BCUT2D eigenvalue weighted by atomic mass is 16.4. The molecule has 2 aromatic rings. The van der Waals surface area contributed by atoms with Gasteiger partial charge in [-0.3, -0.25) is 0 Å². The second kappa shape index (κ2) is 5.27. The predicted molar refractivity (Wildman–Crippen MR) is 83.8 cm³/mol. The van der Waals surface area contributed by atoms with Crippen molar-refractivity contribution in [3.63, 3.8) is 0 Å². The van der Waals surface area contributed by atoms with Crippen molar-refractivity contribution < 1.29 is 10.0 Å². The maximum Gasteiger partial charge on any atom is 0.488 e. The van der Waals surface area contributed by atoms with E-state index >= 15 is 0 Å². The minimum absolute atomic E-state index is 0.517. The largest absolute Gasteiger partial charge is 0.488 e. The maximum absolute atomic E-state index is 9.13. The van der Waals surface area contributed by atoms with E-state index in [1.54, 1.807) is 12.1 Å². The van der Waals surface area contributed by atoms with Gasteiger partial charge < -0.3 is 10.0 Å². The smallest absolute Gasteiger partial charge is 0.423 e. The molecule has 0 fully saturated rings. The van der Waals surface area contributed by atoms with Crippen molar-refractivity contribution in [2.24, 2.45) is 0 Å². The normalized spacial score (nSPS) is 16.9. The molecule has 1 aliphatic rings. The summed E-state index contributed by atoms with van der Waals surface area (Å²) < 4.78 is 0. The van der Waals surface area contributed by atoms with Crippen LogP contribution in [0, 0.1) is 0 Å². The molecule has 2 N–H and O–H groups in total. The van der Waals surface area contributed by atoms with Crippen molar-refractivity contribution >= 4 is 18.7 Å². The molecule has 1 unspecified atom stereocenters. The minimum Gasteiger partial charge on any atom is -0.423 e. The number of benzene rings is 2. The van der Waals surface area contributed by atoms with E-state index in [0.717, 1.165) is 12.0 Å². The summed E-state index contributed by atoms with van der Waals surface area (Å²) in [6.45, 7) is 2.25. The number of allylic oxidation sites excluding steroid dienone is 1. The average molecular weight is 264 g/mol. The lowest BCUT2D eigenvalue weighted by Gasteiger charge is -2.19. The van der Waals surface area contributed by atoms with Crippen LogP contribution in [0.25, 0.3) is 17.2 Å². The number of fused-ring (bicyclic) bond motifs is 1. The molecule has 0 saturated heterocycles. The molecule has 0 radical (unpaired) electrons. The maximum atomic E-state index is 9.13. The third-order valence-electron chi connectivity index (χ3n) is 3.95. The summed E-state index contributed by atoms with van der Waals surface area (Å²) in [5.41, 5.74) is 5.47. The third-order valence-corrected chi connectivity index (χ3v) is 3.95. The topological polar surface area (TPSA) is 40.5 Å². The first-order chi connectivity index (χ1) is 9.65. The predicted octanol–water partition coefficient (Wildman–Crippen LogP) is 2.55. The van der Waals surface area contributed by atoms with E-state index in [2.05, 4.69) is 37.3 Å². The molecule has 0 saturated carbocycles. The molecule has 2 nitrogen and oxygen atoms in total. The lowest BCUT2D eigenvalue weighted by Crippen LogP contribution is -2.29. The highest BCUT2D eigenvalue weighted by Crippen LogP contribution is 2.32. The van der Waals surface area contributed by atoms with Gasteiger partial charge in [-0.2, -0.15) is 0 Å². The van der Waals surface area contributed by atoms with Crippen LogP contribution in [0.3, 0.4) is 0 Å². The fourth-order valence-electron chi connectivity index (χ4n) is 2.71. The monoisotopic (exact) mass is 264 g/mol. The van der Waals surface area contributed by atoms with E-state index in [9.17, 15) is 0 Å². The van der Waals surface area contributed by atoms with Crippen molar-refractivity contribution in [1.29, 1.82) is 0 Å². The number of hydrogen-bond donors (Lipinski definition) is 2. The second-order valence-corrected chi connectivity index (χ2v) is 5.38. The molecule has 2 aromatic carbocycles. The summed E-state index contributed by atoms with van der Waals surface area (Å²) in [4.78, 5) is 0. The molecule has 20 heavy (non-hydrogen) atoms. The van der Waals surface area contributed by atoms with Crippen LogP contribution in [0.1, 0.15) is 30.4 Å². The van der Waals surface area contributed by atoms with Crippen molar-refractivity contribution in [2.75, 3.05) is 0 Å². The molecular weight excluding hydrogens is 247 g/mol. The van der Waals surface area contributed by atoms with E-state index < -0.39 is 7.12 Å². The molecule has 1 aliphatic carbocycles. The molecule has 0 heterocycles. The van der Waals surface area contributed by atoms with Crippen molar-refractivity contribution in [3.05, 3.63) is 59.7 Å². The van der Waals surface area contributed by atoms with E-state index in [0.29, 0.717) is 11.4 Å². The zero-order chi connectivity index (χ0) is 14.1. The van der Waals surface area contributed by atoms with Gasteiger partial charge in [0.1, 0.15) is 0 Å². The highest BCUT2D eigenvalue weighted by Gasteiger charge is 2.14. The SMILES string of the molecule is CC1CC=Cc2ccc(-c3ccc(B(O)O)cc3)cc21. The molecular formula is C17H17BO2. The van der Waals surface area contributed by atoms with Gasteiger partial charge in [-0.1, -0.05) is 61.5 Å². The summed E-state index contributed by atoms with van der Waals surface area (Å²) >= 11 is 0. The fourth-order valence-corrected chi connectivity index (χ4v) is 2.71. The van der Waals surface area contributed by atoms with Crippen molar-refractivity contribution in [2.45, 2.75) is 19.3 Å². The lowest BCUT2D eigenvalue weighted by atomic mass is 9.79. The van der Waals surface area contributed by atoms with Crippen LogP contribution < -0.4 is 5.46 Å².